The number of carbonyl (C=O) groups is 2. The minimum Gasteiger partial charge on any atom is -0.393 e. The summed E-state index contributed by atoms with van der Waals surface area (Å²) in [6.07, 6.45) is 1.71. The molecule has 0 aliphatic carbocycles. The van der Waals surface area contributed by atoms with E-state index in [1.807, 2.05) is 0 Å². The molecule has 4 nitrogen and oxygen atoms in total. The van der Waals surface area contributed by atoms with Crippen LogP contribution in [0.25, 0.3) is 0 Å². The van der Waals surface area contributed by atoms with Gasteiger partial charge in [0.05, 0.1) is 24.0 Å². The first kappa shape index (κ1) is 9.42. The molecule has 0 aromatic carbocycles. The predicted octanol–water partition coefficient (Wildman–Crippen LogP) is -0.517. The summed E-state index contributed by atoms with van der Waals surface area (Å²) in [7, 11) is 0. The fourth-order valence-electron chi connectivity index (χ4n) is 2.51. The van der Waals surface area contributed by atoms with Crippen LogP contribution in [-0.2, 0) is 19.1 Å². The second-order valence-electron chi connectivity index (χ2n) is 3.58. The maximum atomic E-state index is 11.1. The van der Waals surface area contributed by atoms with Crippen molar-refractivity contribution in [1.29, 1.82) is 0 Å². The molecule has 5 heteroatoms. The van der Waals surface area contributed by atoms with Crippen molar-refractivity contribution in [2.75, 3.05) is 0 Å². The first-order valence-corrected chi connectivity index (χ1v) is 4.18. The summed E-state index contributed by atoms with van der Waals surface area (Å²) in [5.41, 5.74) is 0. The molecular formula is C8H8MgO4+2. The van der Waals surface area contributed by atoms with Crippen LogP contribution < -0.4 is 0 Å². The van der Waals surface area contributed by atoms with Gasteiger partial charge in [0.25, 0.3) is 0 Å². The van der Waals surface area contributed by atoms with Crippen molar-refractivity contribution in [3.63, 3.8) is 0 Å². The van der Waals surface area contributed by atoms with Crippen LogP contribution >= 0.6 is 0 Å². The fourth-order valence-corrected chi connectivity index (χ4v) is 2.51. The maximum Gasteiger partial charge on any atom is 2.00 e. The molecule has 3 aliphatic rings. The van der Waals surface area contributed by atoms with E-state index in [1.54, 1.807) is 0 Å². The number of cyclic esters (lactones) is 2. The Morgan fingerprint density at radius 1 is 1.00 bits per heavy atom. The number of hydrogen-bond acceptors (Lipinski definition) is 4. The van der Waals surface area contributed by atoms with Gasteiger partial charge in [-0.1, -0.05) is 0 Å². The first-order valence-electron chi connectivity index (χ1n) is 4.18. The predicted molar refractivity (Wildman–Crippen MR) is 41.7 cm³/mol. The van der Waals surface area contributed by atoms with Gasteiger partial charge in [-0.05, 0) is 12.8 Å². The Kier molecular flexibility index (Phi) is 2.12. The third-order valence-electron chi connectivity index (χ3n) is 3.02. The van der Waals surface area contributed by atoms with Gasteiger partial charge >= 0.3 is 35.0 Å². The molecule has 0 unspecified atom stereocenters. The van der Waals surface area contributed by atoms with E-state index >= 15 is 0 Å². The van der Waals surface area contributed by atoms with Gasteiger partial charge in [0.15, 0.2) is 0 Å². The van der Waals surface area contributed by atoms with Crippen LogP contribution in [0.5, 0.6) is 0 Å². The van der Waals surface area contributed by atoms with E-state index in [4.69, 9.17) is 4.74 Å². The smallest absolute Gasteiger partial charge is 0.393 e. The number of esters is 2. The second kappa shape index (κ2) is 2.93. The Morgan fingerprint density at radius 3 is 1.92 bits per heavy atom. The molecule has 13 heavy (non-hydrogen) atoms. The molecule has 0 amide bonds. The number of fused-ring (bicyclic) bond motifs is 5. The second-order valence-corrected chi connectivity index (χ2v) is 3.58. The van der Waals surface area contributed by atoms with Crippen molar-refractivity contribution in [3.05, 3.63) is 0 Å². The number of hydrogen-bond donors (Lipinski definition) is 0. The van der Waals surface area contributed by atoms with Gasteiger partial charge < -0.3 is 9.47 Å². The molecule has 0 N–H and O–H groups in total. The zero-order chi connectivity index (χ0) is 8.29. The van der Waals surface area contributed by atoms with Crippen LogP contribution in [0.2, 0.25) is 0 Å². The molecular weight excluding hydrogens is 184 g/mol. The number of ether oxygens (including phenoxy) is 2. The Hall–Kier alpha value is -0.134. The molecule has 3 fully saturated rings. The Morgan fingerprint density at radius 2 is 1.46 bits per heavy atom. The first-order chi connectivity index (χ1) is 5.77. The van der Waals surface area contributed by atoms with Crippen molar-refractivity contribution in [3.8, 4) is 0 Å². The van der Waals surface area contributed by atoms with Gasteiger partial charge in [-0.25, -0.2) is 0 Å². The molecule has 3 aliphatic heterocycles. The van der Waals surface area contributed by atoms with Crippen LogP contribution in [0.4, 0.5) is 0 Å². The average Bonchev–Trinajstić information content (AvgIpc) is 2.64. The van der Waals surface area contributed by atoms with Gasteiger partial charge in [-0.2, -0.15) is 0 Å². The molecule has 3 heterocycles. The quantitative estimate of drug-likeness (QED) is 0.294. The molecule has 2 bridgehead atoms. The summed E-state index contributed by atoms with van der Waals surface area (Å²) in [4.78, 5) is 22.3. The van der Waals surface area contributed by atoms with E-state index in [9.17, 15) is 9.59 Å². The maximum absolute atomic E-state index is 11.1. The van der Waals surface area contributed by atoms with E-state index in [-0.39, 0.29) is 59.0 Å². The average molecular weight is 192 g/mol. The molecule has 0 spiro atoms. The summed E-state index contributed by atoms with van der Waals surface area (Å²) in [5, 5.41) is 0. The van der Waals surface area contributed by atoms with Crippen LogP contribution in [0.3, 0.4) is 0 Å². The van der Waals surface area contributed by atoms with Crippen LogP contribution in [0.1, 0.15) is 12.8 Å². The molecule has 0 radical (unpaired) electrons. The Balaban J connectivity index is 0.000000653. The van der Waals surface area contributed by atoms with Crippen LogP contribution in [0.15, 0.2) is 0 Å². The van der Waals surface area contributed by atoms with Crippen molar-refractivity contribution in [2.45, 2.75) is 25.0 Å². The molecule has 3 rings (SSSR count). The summed E-state index contributed by atoms with van der Waals surface area (Å²) in [5.74, 6) is -1.32. The molecule has 64 valence electrons. The standard InChI is InChI=1S/C8H8O4.Mg/c9-7-5-3-1-2-4(11-3)6(5)8(10)12-7;/h3-6H,1-2H2;/q;+2/t3-,4-,5-,6+;/m1./s1. The molecule has 3 saturated heterocycles. The van der Waals surface area contributed by atoms with Gasteiger partial charge in [0.2, 0.25) is 0 Å². The molecule has 0 saturated carbocycles. The Labute approximate surface area is 91.1 Å². The van der Waals surface area contributed by atoms with Gasteiger partial charge in [-0.15, -0.1) is 0 Å². The fraction of sp³-hybridized carbons (Fsp3) is 0.750. The minimum atomic E-state index is -0.378. The van der Waals surface area contributed by atoms with Crippen LogP contribution in [0, 0.1) is 11.8 Å². The van der Waals surface area contributed by atoms with Gasteiger partial charge in [-0.3, -0.25) is 9.59 Å². The van der Waals surface area contributed by atoms with E-state index < -0.39 is 0 Å². The summed E-state index contributed by atoms with van der Waals surface area (Å²) in [6.45, 7) is 0. The largest absolute Gasteiger partial charge is 2.00 e. The van der Waals surface area contributed by atoms with Crippen molar-refractivity contribution in [1.82, 2.24) is 0 Å². The normalized spacial score (nSPS) is 45.8. The van der Waals surface area contributed by atoms with Crippen molar-refractivity contribution < 1.29 is 19.1 Å². The topological polar surface area (TPSA) is 52.6 Å². The third-order valence-corrected chi connectivity index (χ3v) is 3.02. The van der Waals surface area contributed by atoms with Crippen LogP contribution in [-0.4, -0.2) is 47.2 Å². The number of carbonyl (C=O) groups excluding carboxylic acids is 2. The van der Waals surface area contributed by atoms with E-state index in [0.717, 1.165) is 12.8 Å². The van der Waals surface area contributed by atoms with E-state index in [0.29, 0.717) is 0 Å². The van der Waals surface area contributed by atoms with E-state index in [2.05, 4.69) is 4.74 Å². The summed E-state index contributed by atoms with van der Waals surface area (Å²) >= 11 is 0. The van der Waals surface area contributed by atoms with E-state index in [1.165, 1.54) is 0 Å². The molecule has 0 aromatic rings. The zero-order valence-electron chi connectivity index (χ0n) is 7.06. The van der Waals surface area contributed by atoms with Crippen molar-refractivity contribution >= 4 is 35.0 Å². The SMILES string of the molecule is O=C1OC(=O)[C@H]2[C@@H]1[C@H]1CC[C@H]2O1.[Mg+2]. The zero-order valence-corrected chi connectivity index (χ0v) is 8.48. The summed E-state index contributed by atoms with van der Waals surface area (Å²) < 4.78 is 10.0. The molecule has 0 aromatic heterocycles. The van der Waals surface area contributed by atoms with Gasteiger partial charge in [0, 0.05) is 0 Å². The summed E-state index contributed by atoms with van der Waals surface area (Å²) in [6, 6.07) is 0. The molecule has 4 atom stereocenters. The monoisotopic (exact) mass is 192 g/mol. The minimum absolute atomic E-state index is 0. The number of rotatable bonds is 0. The third kappa shape index (κ3) is 1.07. The van der Waals surface area contributed by atoms with Crippen molar-refractivity contribution in [2.24, 2.45) is 11.8 Å². The Bertz CT molecular complexity index is 251. The van der Waals surface area contributed by atoms with Gasteiger partial charge in [0.1, 0.15) is 0 Å².